The minimum atomic E-state index is 0.0751. The van der Waals surface area contributed by atoms with Crippen molar-refractivity contribution in [2.75, 3.05) is 25.0 Å². The Labute approximate surface area is 195 Å². The number of pyridine rings is 1. The lowest BCUT2D eigenvalue weighted by atomic mass is 10.1. The van der Waals surface area contributed by atoms with E-state index in [0.29, 0.717) is 5.88 Å². The van der Waals surface area contributed by atoms with E-state index in [1.807, 2.05) is 62.0 Å². The Bertz CT molecular complexity index is 1120. The number of aromatic nitrogens is 3. The van der Waals surface area contributed by atoms with Crippen molar-refractivity contribution in [3.63, 3.8) is 0 Å². The topological polar surface area (TPSA) is 64.0 Å². The first-order valence-corrected chi connectivity index (χ1v) is 11.3. The lowest BCUT2D eigenvalue weighted by Crippen LogP contribution is -2.40. The number of benzene rings is 2. The van der Waals surface area contributed by atoms with Crippen molar-refractivity contribution in [1.29, 1.82) is 0 Å². The number of hydrogen-bond donors (Lipinski definition) is 2. The van der Waals surface area contributed by atoms with Crippen LogP contribution in [0.2, 0.25) is 0 Å². The minimum absolute atomic E-state index is 0.0751. The van der Waals surface area contributed by atoms with Crippen LogP contribution in [0.25, 0.3) is 11.1 Å². The van der Waals surface area contributed by atoms with Gasteiger partial charge in [0.05, 0.1) is 18.4 Å². The molecule has 0 amide bonds. The first kappa shape index (κ1) is 22.6. The van der Waals surface area contributed by atoms with E-state index in [4.69, 9.17) is 4.74 Å². The molecule has 0 fully saturated rings. The maximum Gasteiger partial charge on any atom is 0.237 e. The Morgan fingerprint density at radius 1 is 1.03 bits per heavy atom. The van der Waals surface area contributed by atoms with Gasteiger partial charge in [-0.3, -0.25) is 4.68 Å². The lowest BCUT2D eigenvalue weighted by molar-refractivity contribution is 0.194. The molecule has 0 saturated carbocycles. The third kappa shape index (κ3) is 6.43. The molecule has 6 heteroatoms. The monoisotopic (exact) mass is 441 g/mol. The van der Waals surface area contributed by atoms with Gasteiger partial charge in [-0.2, -0.15) is 5.10 Å². The number of nitrogens with one attached hydrogen (secondary N) is 2. The van der Waals surface area contributed by atoms with Crippen LogP contribution in [-0.2, 0) is 13.5 Å². The molecule has 0 radical (unpaired) electrons. The lowest BCUT2D eigenvalue weighted by Gasteiger charge is -2.27. The van der Waals surface area contributed by atoms with Gasteiger partial charge < -0.3 is 15.4 Å². The van der Waals surface area contributed by atoms with E-state index in [2.05, 4.69) is 58.0 Å². The van der Waals surface area contributed by atoms with Crippen LogP contribution in [0, 0.1) is 6.92 Å². The summed E-state index contributed by atoms with van der Waals surface area (Å²) in [6.45, 7) is 4.66. The highest BCUT2D eigenvalue weighted by Crippen LogP contribution is 2.30. The second-order valence-electron chi connectivity index (χ2n) is 8.14. The molecule has 0 saturated heterocycles. The Morgan fingerprint density at radius 2 is 1.79 bits per heavy atom. The summed E-state index contributed by atoms with van der Waals surface area (Å²) in [6, 6.07) is 22.6. The molecule has 33 heavy (non-hydrogen) atoms. The van der Waals surface area contributed by atoms with Crippen molar-refractivity contribution >= 4 is 5.69 Å². The zero-order valence-corrected chi connectivity index (χ0v) is 19.2. The molecule has 170 valence electrons. The Hall–Kier alpha value is -3.64. The van der Waals surface area contributed by atoms with Crippen molar-refractivity contribution in [3.8, 4) is 17.0 Å². The smallest absolute Gasteiger partial charge is 0.237 e. The molecular weight excluding hydrogens is 410 g/mol. The zero-order chi connectivity index (χ0) is 22.9. The largest absolute Gasteiger partial charge is 0.470 e. The number of hydrogen-bond acceptors (Lipinski definition) is 5. The maximum absolute atomic E-state index is 6.05. The predicted molar refractivity (Wildman–Crippen MR) is 134 cm³/mol. The third-order valence-corrected chi connectivity index (χ3v) is 5.56. The van der Waals surface area contributed by atoms with Crippen LogP contribution in [0.3, 0.4) is 0 Å². The van der Waals surface area contributed by atoms with Crippen molar-refractivity contribution in [1.82, 2.24) is 20.1 Å². The SMILES string of the molecule is Cc1ccccc1CCNCC1CNc2cc(-c3cnn(C)c3)cnc2O1.c1ccccc1. The number of rotatable bonds is 6. The highest BCUT2D eigenvalue weighted by Gasteiger charge is 2.20. The normalized spacial score (nSPS) is 14.3. The summed E-state index contributed by atoms with van der Waals surface area (Å²) < 4.78 is 7.84. The van der Waals surface area contributed by atoms with Crippen molar-refractivity contribution in [3.05, 3.63) is 96.4 Å². The Balaban J connectivity index is 0.000000376. The molecule has 5 rings (SSSR count). The third-order valence-electron chi connectivity index (χ3n) is 5.56. The fourth-order valence-electron chi connectivity index (χ4n) is 3.70. The van der Waals surface area contributed by atoms with Gasteiger partial charge in [-0.1, -0.05) is 60.7 Å². The predicted octanol–water partition coefficient (Wildman–Crippen LogP) is 4.48. The molecule has 0 spiro atoms. The zero-order valence-electron chi connectivity index (χ0n) is 19.2. The van der Waals surface area contributed by atoms with Crippen molar-refractivity contribution in [2.45, 2.75) is 19.4 Å². The molecule has 1 aliphatic heterocycles. The van der Waals surface area contributed by atoms with Gasteiger partial charge in [-0.15, -0.1) is 0 Å². The van der Waals surface area contributed by atoms with Gasteiger partial charge in [0, 0.05) is 37.1 Å². The maximum atomic E-state index is 6.05. The molecular formula is C27H31N5O. The van der Waals surface area contributed by atoms with Crippen molar-refractivity contribution < 1.29 is 4.74 Å². The Kier molecular flexibility index (Phi) is 7.72. The van der Waals surface area contributed by atoms with E-state index in [1.54, 1.807) is 4.68 Å². The van der Waals surface area contributed by atoms with Crippen LogP contribution in [0.5, 0.6) is 5.88 Å². The van der Waals surface area contributed by atoms with E-state index in [-0.39, 0.29) is 6.10 Å². The highest BCUT2D eigenvalue weighted by molar-refractivity contribution is 5.69. The van der Waals surface area contributed by atoms with Gasteiger partial charge in [-0.25, -0.2) is 4.98 Å². The highest BCUT2D eigenvalue weighted by atomic mass is 16.5. The molecule has 3 heterocycles. The summed E-state index contributed by atoms with van der Waals surface area (Å²) in [5, 5.41) is 11.2. The molecule has 6 nitrogen and oxygen atoms in total. The fraction of sp³-hybridized carbons (Fsp3) is 0.259. The second kappa shape index (κ2) is 11.3. The standard InChI is InChI=1S/C21H25N5O.C6H6/c1-15-5-3-4-6-16(15)7-8-22-12-19-13-23-20-9-17(10-24-21(20)27-19)18-11-25-26(2)14-18;1-2-4-6-5-3-1/h3-6,9-11,14,19,22-23H,7-8,12-13H2,1-2H3;1-6H. The van der Waals surface area contributed by atoms with E-state index < -0.39 is 0 Å². The fourth-order valence-corrected chi connectivity index (χ4v) is 3.70. The first-order valence-electron chi connectivity index (χ1n) is 11.3. The number of nitrogens with zero attached hydrogens (tertiary/aromatic N) is 3. The molecule has 1 aliphatic rings. The van der Waals surface area contributed by atoms with Gasteiger partial charge in [-0.05, 0) is 37.1 Å². The summed E-state index contributed by atoms with van der Waals surface area (Å²) in [5.74, 6) is 0.666. The van der Waals surface area contributed by atoms with Gasteiger partial charge in [0.1, 0.15) is 6.10 Å². The first-order chi connectivity index (χ1) is 16.2. The van der Waals surface area contributed by atoms with E-state index in [9.17, 15) is 0 Å². The molecule has 2 aromatic carbocycles. The summed E-state index contributed by atoms with van der Waals surface area (Å²) in [6.07, 6.45) is 6.76. The molecule has 1 atom stereocenters. The second-order valence-corrected chi connectivity index (χ2v) is 8.14. The van der Waals surface area contributed by atoms with Gasteiger partial charge in [0.15, 0.2) is 0 Å². The number of fused-ring (bicyclic) bond motifs is 1. The molecule has 2 aromatic heterocycles. The van der Waals surface area contributed by atoms with Gasteiger partial charge in [0.2, 0.25) is 5.88 Å². The van der Waals surface area contributed by atoms with Gasteiger partial charge in [0.25, 0.3) is 0 Å². The van der Waals surface area contributed by atoms with Crippen molar-refractivity contribution in [2.24, 2.45) is 7.05 Å². The molecule has 4 aromatic rings. The average Bonchev–Trinajstić information content (AvgIpc) is 3.30. The van der Waals surface area contributed by atoms with E-state index in [0.717, 1.165) is 42.9 Å². The molecule has 1 unspecified atom stereocenters. The minimum Gasteiger partial charge on any atom is -0.470 e. The van der Waals surface area contributed by atoms with E-state index in [1.165, 1.54) is 11.1 Å². The number of ether oxygens (including phenoxy) is 1. The number of anilines is 1. The molecule has 2 N–H and O–H groups in total. The van der Waals surface area contributed by atoms with Crippen LogP contribution in [0.4, 0.5) is 5.69 Å². The summed E-state index contributed by atoms with van der Waals surface area (Å²) in [5.41, 5.74) is 5.76. The van der Waals surface area contributed by atoms with Crippen LogP contribution < -0.4 is 15.4 Å². The quantitative estimate of drug-likeness (QED) is 0.432. The van der Waals surface area contributed by atoms with Crippen LogP contribution in [0.1, 0.15) is 11.1 Å². The Morgan fingerprint density at radius 3 is 2.48 bits per heavy atom. The molecule has 0 bridgehead atoms. The van der Waals surface area contributed by atoms with Gasteiger partial charge >= 0.3 is 0 Å². The van der Waals surface area contributed by atoms with Crippen LogP contribution in [0.15, 0.2) is 85.3 Å². The summed E-state index contributed by atoms with van der Waals surface area (Å²) in [4.78, 5) is 4.49. The van der Waals surface area contributed by atoms with Crippen LogP contribution >= 0.6 is 0 Å². The van der Waals surface area contributed by atoms with E-state index >= 15 is 0 Å². The average molecular weight is 442 g/mol. The molecule has 0 aliphatic carbocycles. The van der Waals surface area contributed by atoms with Crippen LogP contribution in [-0.4, -0.2) is 40.5 Å². The summed E-state index contributed by atoms with van der Waals surface area (Å²) >= 11 is 0. The summed E-state index contributed by atoms with van der Waals surface area (Å²) in [7, 11) is 1.91. The number of aryl methyl sites for hydroxylation is 2.